The van der Waals surface area contributed by atoms with Crippen LogP contribution in [0.5, 0.6) is 0 Å². The molecular formula is C18H15ClN4. The lowest BCUT2D eigenvalue weighted by Crippen LogP contribution is -2.00. The van der Waals surface area contributed by atoms with E-state index < -0.39 is 0 Å². The Morgan fingerprint density at radius 2 is 1.91 bits per heavy atom. The molecule has 23 heavy (non-hydrogen) atoms. The Bertz CT molecular complexity index is 992. The number of nitrogens with one attached hydrogen (secondary N) is 2. The van der Waals surface area contributed by atoms with Crippen LogP contribution in [-0.2, 0) is 6.54 Å². The Morgan fingerprint density at radius 1 is 1.09 bits per heavy atom. The maximum Gasteiger partial charge on any atom is 0.126 e. The summed E-state index contributed by atoms with van der Waals surface area (Å²) in [5.41, 5.74) is 9.64. The second kappa shape index (κ2) is 5.48. The molecule has 0 saturated carbocycles. The van der Waals surface area contributed by atoms with Gasteiger partial charge in [0.2, 0.25) is 0 Å². The summed E-state index contributed by atoms with van der Waals surface area (Å²) in [6.45, 7) is 0.732. The molecule has 4 aromatic rings. The summed E-state index contributed by atoms with van der Waals surface area (Å²) in [5.74, 6) is 0.829. The van der Waals surface area contributed by atoms with Gasteiger partial charge in [-0.25, -0.2) is 4.98 Å². The van der Waals surface area contributed by atoms with Crippen molar-refractivity contribution in [3.8, 4) is 0 Å². The minimum Gasteiger partial charge on any atom is -0.396 e. The van der Waals surface area contributed by atoms with E-state index in [0.29, 0.717) is 10.7 Å². The van der Waals surface area contributed by atoms with Gasteiger partial charge < -0.3 is 16.0 Å². The van der Waals surface area contributed by atoms with Crippen molar-refractivity contribution < 1.29 is 0 Å². The van der Waals surface area contributed by atoms with Crippen molar-refractivity contribution in [2.75, 3.05) is 11.1 Å². The van der Waals surface area contributed by atoms with Crippen LogP contribution >= 0.6 is 11.6 Å². The predicted octanol–water partition coefficient (Wildman–Crippen LogP) is 4.56. The van der Waals surface area contributed by atoms with Crippen molar-refractivity contribution >= 4 is 44.9 Å². The molecular weight excluding hydrogens is 308 g/mol. The number of nitrogen functional groups attached to an aromatic ring is 1. The summed E-state index contributed by atoms with van der Waals surface area (Å²) in [7, 11) is 0. The Morgan fingerprint density at radius 3 is 2.74 bits per heavy atom. The Hall–Kier alpha value is -2.72. The highest BCUT2D eigenvalue weighted by Crippen LogP contribution is 2.33. The Balaban J connectivity index is 1.72. The number of benzene rings is 2. The smallest absolute Gasteiger partial charge is 0.126 e. The number of pyridine rings is 1. The topological polar surface area (TPSA) is 66.7 Å². The fourth-order valence-corrected chi connectivity index (χ4v) is 2.91. The summed E-state index contributed by atoms with van der Waals surface area (Å²) in [4.78, 5) is 7.74. The number of aromatic amines is 1. The van der Waals surface area contributed by atoms with Gasteiger partial charge >= 0.3 is 0 Å². The molecule has 4 nitrogen and oxygen atoms in total. The number of halogens is 1. The van der Waals surface area contributed by atoms with Crippen LogP contribution in [0.25, 0.3) is 21.8 Å². The third kappa shape index (κ3) is 2.47. The maximum atomic E-state index is 6.09. The summed E-state index contributed by atoms with van der Waals surface area (Å²) in [5, 5.41) is 6.03. The first-order valence-electron chi connectivity index (χ1n) is 7.35. The first kappa shape index (κ1) is 13.9. The first-order chi connectivity index (χ1) is 11.2. The number of hydrogen-bond acceptors (Lipinski definition) is 3. The van der Waals surface area contributed by atoms with Crippen LogP contribution in [0.4, 0.5) is 11.5 Å². The standard InChI is InChI=1S/C18H15ClN4/c19-14-7-6-12-13-8-16(21-9-11-4-2-1-3-5-11)22-10-15(13)23-18(12)17(14)20/h1-8,10,23H,9,20H2,(H,21,22). The average Bonchev–Trinajstić information content (AvgIpc) is 2.96. The van der Waals surface area contributed by atoms with E-state index in [-0.39, 0.29) is 0 Å². The van der Waals surface area contributed by atoms with Gasteiger partial charge in [0.05, 0.1) is 27.9 Å². The fourth-order valence-electron chi connectivity index (χ4n) is 2.75. The molecule has 2 aromatic heterocycles. The lowest BCUT2D eigenvalue weighted by Gasteiger charge is -2.05. The zero-order valence-corrected chi connectivity index (χ0v) is 13.1. The van der Waals surface area contributed by atoms with Crippen molar-refractivity contribution in [2.45, 2.75) is 6.54 Å². The third-order valence-corrected chi connectivity index (χ3v) is 4.29. The highest BCUT2D eigenvalue weighted by Gasteiger charge is 2.10. The number of H-pyrrole nitrogens is 1. The van der Waals surface area contributed by atoms with Crippen LogP contribution in [0.3, 0.4) is 0 Å². The quantitative estimate of drug-likeness (QED) is 0.484. The molecule has 0 saturated heterocycles. The Labute approximate surface area is 138 Å². The second-order valence-electron chi connectivity index (χ2n) is 5.46. The number of rotatable bonds is 3. The fraction of sp³-hybridized carbons (Fsp3) is 0.0556. The number of aromatic nitrogens is 2. The van der Waals surface area contributed by atoms with Gasteiger partial charge in [-0.1, -0.05) is 48.0 Å². The van der Waals surface area contributed by atoms with E-state index in [4.69, 9.17) is 17.3 Å². The molecule has 4 rings (SSSR count). The maximum absolute atomic E-state index is 6.09. The summed E-state index contributed by atoms with van der Waals surface area (Å²) in [6, 6.07) is 16.1. The van der Waals surface area contributed by atoms with Crippen LogP contribution < -0.4 is 11.1 Å². The lowest BCUT2D eigenvalue weighted by atomic mass is 10.1. The number of anilines is 2. The second-order valence-corrected chi connectivity index (χ2v) is 5.87. The monoisotopic (exact) mass is 322 g/mol. The van der Waals surface area contributed by atoms with Crippen LogP contribution in [0.1, 0.15) is 5.56 Å². The van der Waals surface area contributed by atoms with Gasteiger partial charge in [0.25, 0.3) is 0 Å². The molecule has 0 amide bonds. The van der Waals surface area contributed by atoms with Gasteiger partial charge in [-0.3, -0.25) is 0 Å². The third-order valence-electron chi connectivity index (χ3n) is 3.96. The predicted molar refractivity (Wildman–Crippen MR) is 96.8 cm³/mol. The zero-order chi connectivity index (χ0) is 15.8. The van der Waals surface area contributed by atoms with E-state index in [1.165, 1.54) is 5.56 Å². The van der Waals surface area contributed by atoms with E-state index in [1.807, 2.05) is 42.6 Å². The summed E-state index contributed by atoms with van der Waals surface area (Å²) < 4.78 is 0. The summed E-state index contributed by atoms with van der Waals surface area (Å²) >= 11 is 6.09. The van der Waals surface area contributed by atoms with Gasteiger partial charge in [0, 0.05) is 17.3 Å². The molecule has 0 atom stereocenters. The molecule has 0 aliphatic rings. The van der Waals surface area contributed by atoms with E-state index in [2.05, 4.69) is 27.4 Å². The van der Waals surface area contributed by atoms with Gasteiger partial charge in [0.1, 0.15) is 5.82 Å². The van der Waals surface area contributed by atoms with Crippen molar-refractivity contribution in [2.24, 2.45) is 0 Å². The minimum atomic E-state index is 0.555. The summed E-state index contributed by atoms with van der Waals surface area (Å²) in [6.07, 6.45) is 1.82. The van der Waals surface area contributed by atoms with Crippen molar-refractivity contribution in [1.29, 1.82) is 0 Å². The van der Waals surface area contributed by atoms with Crippen molar-refractivity contribution in [3.63, 3.8) is 0 Å². The minimum absolute atomic E-state index is 0.555. The van der Waals surface area contributed by atoms with Crippen LogP contribution in [0, 0.1) is 0 Å². The van der Waals surface area contributed by atoms with Gasteiger partial charge in [-0.05, 0) is 17.7 Å². The number of nitrogens with zero attached hydrogens (tertiary/aromatic N) is 1. The molecule has 5 heteroatoms. The van der Waals surface area contributed by atoms with Gasteiger partial charge in [-0.15, -0.1) is 0 Å². The normalized spacial score (nSPS) is 11.2. The molecule has 0 spiro atoms. The molecule has 0 radical (unpaired) electrons. The molecule has 0 aliphatic carbocycles. The SMILES string of the molecule is Nc1c(Cl)ccc2c1[nH]c1cnc(NCc3ccccc3)cc12. The van der Waals surface area contributed by atoms with E-state index in [1.54, 1.807) is 0 Å². The number of fused-ring (bicyclic) bond motifs is 3. The molecule has 0 aliphatic heterocycles. The van der Waals surface area contributed by atoms with Crippen LogP contribution in [0.15, 0.2) is 54.7 Å². The largest absolute Gasteiger partial charge is 0.396 e. The van der Waals surface area contributed by atoms with Crippen molar-refractivity contribution in [3.05, 3.63) is 65.3 Å². The van der Waals surface area contributed by atoms with Crippen LogP contribution in [0.2, 0.25) is 5.02 Å². The van der Waals surface area contributed by atoms with Gasteiger partial charge in [0.15, 0.2) is 0 Å². The van der Waals surface area contributed by atoms with Crippen LogP contribution in [-0.4, -0.2) is 9.97 Å². The van der Waals surface area contributed by atoms with Gasteiger partial charge in [-0.2, -0.15) is 0 Å². The number of hydrogen-bond donors (Lipinski definition) is 3. The van der Waals surface area contributed by atoms with Crippen molar-refractivity contribution in [1.82, 2.24) is 9.97 Å². The van der Waals surface area contributed by atoms with E-state index in [9.17, 15) is 0 Å². The van der Waals surface area contributed by atoms with E-state index >= 15 is 0 Å². The first-order valence-corrected chi connectivity index (χ1v) is 7.73. The average molecular weight is 323 g/mol. The molecule has 4 N–H and O–H groups in total. The highest BCUT2D eigenvalue weighted by molar-refractivity contribution is 6.35. The lowest BCUT2D eigenvalue weighted by molar-refractivity contribution is 1.12. The zero-order valence-electron chi connectivity index (χ0n) is 12.3. The molecule has 0 fully saturated rings. The number of nitrogens with two attached hydrogens (primary N) is 1. The molecule has 2 heterocycles. The molecule has 0 bridgehead atoms. The van der Waals surface area contributed by atoms with E-state index in [0.717, 1.165) is 34.2 Å². The molecule has 2 aromatic carbocycles. The molecule has 0 unspecified atom stereocenters. The highest BCUT2D eigenvalue weighted by atomic mass is 35.5. The molecule has 114 valence electrons. The Kier molecular flexibility index (Phi) is 3.32.